The van der Waals surface area contributed by atoms with Crippen molar-refractivity contribution < 1.29 is 43.0 Å². The summed E-state index contributed by atoms with van der Waals surface area (Å²) in [6.07, 6.45) is 17.1. The van der Waals surface area contributed by atoms with E-state index in [0.717, 1.165) is 111 Å². The van der Waals surface area contributed by atoms with Gasteiger partial charge in [0.15, 0.2) is 31.0 Å². The molecule has 0 radical (unpaired) electrons. The minimum absolute atomic E-state index is 0.0429. The lowest BCUT2D eigenvalue weighted by Gasteiger charge is -2.14. The molecule has 15 rings (SSSR count). The zero-order chi connectivity index (χ0) is 84.5. The van der Waals surface area contributed by atoms with E-state index in [1.165, 1.54) is 24.8 Å². The van der Waals surface area contributed by atoms with E-state index in [4.69, 9.17) is 77.7 Å². The first-order valence-corrected chi connectivity index (χ1v) is 39.4. The maximum absolute atomic E-state index is 12.5. The average molecular weight is 1900 g/mol. The van der Waals surface area contributed by atoms with Crippen molar-refractivity contribution in [2.45, 2.75) is 108 Å². The number of hydrogen-bond acceptors (Lipinski definition) is 24. The summed E-state index contributed by atoms with van der Waals surface area (Å²) in [5.41, 5.74) is 43.4. The summed E-state index contributed by atoms with van der Waals surface area (Å²) in [6, 6.07) is 7.45. The summed E-state index contributed by atoms with van der Waals surface area (Å²) >= 11 is 32.2. The number of methoxy groups -OCH3 is 3. The first-order valence-electron chi connectivity index (χ1n) is 35.0. The van der Waals surface area contributed by atoms with Crippen molar-refractivity contribution in [3.63, 3.8) is 0 Å². The van der Waals surface area contributed by atoms with Gasteiger partial charge in [-0.2, -0.15) is 48.6 Å². The SMILES string of the molecule is COc1c(C)c[n+]([O-])c(Cn2cc(CCO)c3c(Cl)nc(N)nc32)c1C.COc1c(C)c[n+]([O-])c(Cn2ccc3c(Br)nc(N)nc32)c1C.COc1c(C)c[n+]([O-])c(Cn2ccc3c(Cl)nc(N)nc32)c1C.Cc1c[n+]([O-])c(Cn2ccc3c(Br)nc(N)nc32)c(C)c1Br.Cc1c[n+]([O-])c(Cn2ccc3c(Br)nc(N)nc32)c(C)c1Cl. The number of halogens is 7. The molecule has 116 heavy (non-hydrogen) atoms. The van der Waals surface area contributed by atoms with E-state index in [1.807, 2.05) is 130 Å². The van der Waals surface area contributed by atoms with Crippen molar-refractivity contribution in [1.29, 1.82) is 0 Å². The van der Waals surface area contributed by atoms with E-state index >= 15 is 0 Å². The maximum Gasteiger partial charge on any atom is 0.223 e. The summed E-state index contributed by atoms with van der Waals surface area (Å²) in [7, 11) is 4.77. The molecular weight excluding hydrogens is 1820 g/mol. The zero-order valence-electron chi connectivity index (χ0n) is 64.7. The molecule has 0 spiro atoms. The molecule has 0 fully saturated rings. The Bertz CT molecular complexity index is 6040. The van der Waals surface area contributed by atoms with Crippen molar-refractivity contribution in [3.8, 4) is 17.2 Å². The highest BCUT2D eigenvalue weighted by atomic mass is 79.9. The molecule has 11 N–H and O–H groups in total. The van der Waals surface area contributed by atoms with E-state index in [2.05, 4.69) is 114 Å². The number of aliphatic hydroxyl groups is 1. The van der Waals surface area contributed by atoms with Crippen molar-refractivity contribution in [2.75, 3.05) is 56.6 Å². The summed E-state index contributed by atoms with van der Waals surface area (Å²) < 4.78 is 32.6. The maximum atomic E-state index is 12.5. The van der Waals surface area contributed by atoms with E-state index < -0.39 is 0 Å². The van der Waals surface area contributed by atoms with Gasteiger partial charge >= 0.3 is 0 Å². The van der Waals surface area contributed by atoms with Gasteiger partial charge in [0.1, 0.15) is 102 Å². The van der Waals surface area contributed by atoms with Crippen LogP contribution in [0.15, 0.2) is 105 Å². The summed E-state index contributed by atoms with van der Waals surface area (Å²) in [5, 5.41) is 75.8. The van der Waals surface area contributed by atoms with Crippen LogP contribution in [0.25, 0.3) is 55.2 Å². The molecule has 34 nitrogen and oxygen atoms in total. The standard InChI is InChI=1S/C17H20ClN5O3.C15H16BrN5O2.C15H16ClN5O2.C14H13Br2N5O.C14H13BrClN5O/c1-9-6-23(25)12(10(2)14(9)26-3)8-22-7-11(4-5-24)13-15(18)20-17(19)21-16(13)22;2*1-8-6-21(22)11(9(2)12(8)23-3)7-20-5-4-10-13(16)18-15(17)19-14(10)20;1-7-5-21(22)10(8(2)11(7)15)6-20-4-3-9-12(16)18-14(17)19-13(9)20;1-7-5-21(22)10(8(2)11(7)16)6-20-4-3-9-12(15)18-14(17)19-13(9)20/h6-7,24H,4-5,8H2,1-3H3,(H2,19,20,21);2*4-6H,7H2,1-3H3,(H2,17,18,19);2*3-5H,6H2,1-2H3,(H2,17,18,19). The molecule has 0 aliphatic heterocycles. The van der Waals surface area contributed by atoms with Crippen LogP contribution in [0.1, 0.15) is 89.7 Å². The van der Waals surface area contributed by atoms with Gasteiger partial charge in [0.25, 0.3) is 0 Å². The smallest absolute Gasteiger partial charge is 0.223 e. The average Bonchev–Trinajstić information content (AvgIpc) is 1.60. The molecule has 0 aliphatic carbocycles. The van der Waals surface area contributed by atoms with Gasteiger partial charge in [0, 0.05) is 64.3 Å². The predicted octanol–water partition coefficient (Wildman–Crippen LogP) is 11.1. The second-order valence-corrected chi connectivity index (χ2v) is 31.0. The number of pyridine rings is 5. The van der Waals surface area contributed by atoms with Crippen LogP contribution >= 0.6 is 98.5 Å². The largest absolute Gasteiger partial charge is 0.618 e. The second-order valence-electron chi connectivity index (χ2n) is 26.8. The molecule has 0 saturated carbocycles. The Kier molecular flexibility index (Phi) is 26.4. The molecule has 0 unspecified atom stereocenters. The van der Waals surface area contributed by atoms with Crippen molar-refractivity contribution in [2.24, 2.45) is 0 Å². The Labute approximate surface area is 711 Å². The Morgan fingerprint density at radius 1 is 0.379 bits per heavy atom. The second kappa shape index (κ2) is 35.6. The zero-order valence-corrected chi connectivity index (χ0v) is 73.3. The number of rotatable bonds is 15. The molecule has 0 aromatic carbocycles. The normalized spacial score (nSPS) is 11.2. The number of nitrogen functional groups attached to an aromatic ring is 5. The number of nitrogens with two attached hydrogens (primary N) is 5. The van der Waals surface area contributed by atoms with Crippen LogP contribution in [-0.2, 0) is 39.1 Å². The molecule has 15 aromatic heterocycles. The minimum atomic E-state index is -0.0429. The highest BCUT2D eigenvalue weighted by molar-refractivity contribution is 9.11. The van der Waals surface area contributed by atoms with Crippen molar-refractivity contribution in [3.05, 3.63) is 236 Å². The molecule has 15 aromatic rings. The van der Waals surface area contributed by atoms with E-state index in [9.17, 15) is 31.1 Å². The number of anilines is 5. The predicted molar refractivity (Wildman–Crippen MR) is 456 cm³/mol. The van der Waals surface area contributed by atoms with Gasteiger partial charge < -0.3 is 96.9 Å². The third kappa shape index (κ3) is 17.7. The summed E-state index contributed by atoms with van der Waals surface area (Å²) in [4.78, 5) is 41.4. The fourth-order valence-corrected chi connectivity index (χ4v) is 16.0. The van der Waals surface area contributed by atoms with Crippen LogP contribution < -0.4 is 66.5 Å². The number of fused-ring (bicyclic) bond motifs is 5. The van der Waals surface area contributed by atoms with Gasteiger partial charge in [-0.25, -0.2) is 24.9 Å². The van der Waals surface area contributed by atoms with Crippen molar-refractivity contribution >= 4 is 183 Å². The van der Waals surface area contributed by atoms with Gasteiger partial charge in [0.05, 0.1) is 86.7 Å². The molecular formula is C75H78Br4Cl3N25O9. The number of ether oxygens (including phenoxy) is 3. The molecule has 15 heterocycles. The topological polar surface area (TPSA) is 466 Å². The number of aliphatic hydroxyl groups excluding tert-OH is 1. The quantitative estimate of drug-likeness (QED) is 0.0315. The Balaban J connectivity index is 0.000000143. The monoisotopic (exact) mass is 1890 g/mol. The fourth-order valence-electron chi connectivity index (χ4n) is 13.6. The van der Waals surface area contributed by atoms with Gasteiger partial charge in [-0.3, -0.25) is 0 Å². The van der Waals surface area contributed by atoms with E-state index in [-0.39, 0.29) is 48.0 Å². The van der Waals surface area contributed by atoms with Crippen LogP contribution in [-0.4, -0.2) is 106 Å². The molecule has 0 amide bonds. The third-order valence-electron chi connectivity index (χ3n) is 19.2. The number of aryl methyl sites for hydroxylation is 5. The van der Waals surface area contributed by atoms with Crippen LogP contribution in [0.5, 0.6) is 17.2 Å². The first-order chi connectivity index (χ1) is 55.0. The first kappa shape index (κ1) is 85.9. The Morgan fingerprint density at radius 3 is 1.03 bits per heavy atom. The Morgan fingerprint density at radius 2 is 0.672 bits per heavy atom. The van der Waals surface area contributed by atoms with Crippen LogP contribution in [0.3, 0.4) is 0 Å². The molecule has 606 valence electrons. The molecule has 0 atom stereocenters. The fraction of sp³-hybridized carbons (Fsp3) is 0.267. The van der Waals surface area contributed by atoms with Crippen LogP contribution in [0.4, 0.5) is 29.7 Å². The van der Waals surface area contributed by atoms with E-state index in [1.54, 1.807) is 44.4 Å². The number of nitrogens with zero attached hydrogens (tertiary/aromatic N) is 20. The van der Waals surface area contributed by atoms with Gasteiger partial charge in [0.2, 0.25) is 58.2 Å². The minimum Gasteiger partial charge on any atom is -0.618 e. The highest BCUT2D eigenvalue weighted by Gasteiger charge is 2.27. The Hall–Kier alpha value is -11.0. The lowest BCUT2D eigenvalue weighted by molar-refractivity contribution is -0.615. The molecule has 41 heteroatoms. The summed E-state index contributed by atoms with van der Waals surface area (Å²) in [5.74, 6) is 2.78. The summed E-state index contributed by atoms with van der Waals surface area (Å²) in [6.45, 7) is 20.2. The van der Waals surface area contributed by atoms with Crippen molar-refractivity contribution in [1.82, 2.24) is 72.7 Å². The van der Waals surface area contributed by atoms with E-state index in [0.29, 0.717) is 136 Å². The lowest BCUT2D eigenvalue weighted by Crippen LogP contribution is -2.34. The number of hydrogen-bond donors (Lipinski definition) is 6. The third-order valence-corrected chi connectivity index (χ3v) is 23.4. The highest BCUT2D eigenvalue weighted by Crippen LogP contribution is 2.34. The van der Waals surface area contributed by atoms with Gasteiger partial charge in [-0.15, -0.1) is 0 Å². The lowest BCUT2D eigenvalue weighted by atomic mass is 10.1. The molecule has 0 aliphatic rings. The number of aromatic nitrogens is 20. The van der Waals surface area contributed by atoms with Crippen LogP contribution in [0.2, 0.25) is 15.3 Å². The van der Waals surface area contributed by atoms with Gasteiger partial charge in [-0.05, 0) is 169 Å². The van der Waals surface area contributed by atoms with Gasteiger partial charge in [-0.1, -0.05) is 34.8 Å². The van der Waals surface area contributed by atoms with Crippen LogP contribution in [0, 0.1) is 95.3 Å². The molecule has 0 bridgehead atoms. The molecule has 0 saturated heterocycles.